The fraction of sp³-hybridized carbons (Fsp3) is 0.429. The van der Waals surface area contributed by atoms with Crippen molar-refractivity contribution in [2.24, 2.45) is 5.73 Å². The molecule has 0 radical (unpaired) electrons. The van der Waals surface area contributed by atoms with Gasteiger partial charge in [0.15, 0.2) is 0 Å². The molecule has 19 heavy (non-hydrogen) atoms. The first-order chi connectivity index (χ1) is 9.16. The lowest BCUT2D eigenvalue weighted by molar-refractivity contribution is 0.0766. The lowest BCUT2D eigenvalue weighted by Crippen LogP contribution is -2.34. The molecule has 1 aliphatic rings. The van der Waals surface area contributed by atoms with E-state index in [1.165, 1.54) is 0 Å². The molecule has 0 saturated carbocycles. The Hall–Kier alpha value is -1.46. The molecule has 3 N–H and O–H groups in total. The number of carbonyl (C=O) groups excluding carboxylic acids is 1. The zero-order valence-electron chi connectivity index (χ0n) is 10.9. The van der Waals surface area contributed by atoms with E-state index in [0.29, 0.717) is 11.4 Å². The molecule has 2 rings (SSSR count). The van der Waals surface area contributed by atoms with Crippen molar-refractivity contribution in [2.75, 3.05) is 26.2 Å². The third-order valence-corrected chi connectivity index (χ3v) is 3.32. The number of nitrogens with one attached hydrogen (secondary N) is 1. The molecule has 1 aromatic carbocycles. The number of hydrogen-bond acceptors (Lipinski definition) is 3. The van der Waals surface area contributed by atoms with Gasteiger partial charge in [-0.3, -0.25) is 4.79 Å². The predicted molar refractivity (Wildman–Crippen MR) is 80.3 cm³/mol. The van der Waals surface area contributed by atoms with Gasteiger partial charge >= 0.3 is 0 Å². The number of nitrogens with two attached hydrogens (primary N) is 1. The number of rotatable bonds is 3. The van der Waals surface area contributed by atoms with Crippen LogP contribution in [0.1, 0.15) is 22.3 Å². The topological polar surface area (TPSA) is 58.4 Å². The van der Waals surface area contributed by atoms with Gasteiger partial charge in [-0.25, -0.2) is 0 Å². The first-order valence-electron chi connectivity index (χ1n) is 6.54. The van der Waals surface area contributed by atoms with Crippen molar-refractivity contribution < 1.29 is 4.79 Å². The van der Waals surface area contributed by atoms with E-state index in [2.05, 4.69) is 5.32 Å². The van der Waals surface area contributed by atoms with Crippen molar-refractivity contribution in [2.45, 2.75) is 12.8 Å². The average Bonchev–Trinajstić information content (AvgIpc) is 2.66. The van der Waals surface area contributed by atoms with Crippen molar-refractivity contribution in [3.8, 4) is 0 Å². The van der Waals surface area contributed by atoms with E-state index in [1.807, 2.05) is 29.2 Å². The zero-order chi connectivity index (χ0) is 13.7. The highest BCUT2D eigenvalue weighted by Gasteiger charge is 2.17. The second-order valence-electron chi connectivity index (χ2n) is 4.74. The van der Waals surface area contributed by atoms with Crippen LogP contribution in [0.5, 0.6) is 0 Å². The number of carbonyl (C=O) groups is 1. The summed E-state index contributed by atoms with van der Waals surface area (Å²) >= 11 is 4.90. The Morgan fingerprint density at radius 3 is 3.00 bits per heavy atom. The normalized spacial score (nSPS) is 15.9. The fourth-order valence-electron chi connectivity index (χ4n) is 2.25. The summed E-state index contributed by atoms with van der Waals surface area (Å²) in [6.07, 6.45) is 1.54. The monoisotopic (exact) mass is 277 g/mol. The van der Waals surface area contributed by atoms with Crippen LogP contribution < -0.4 is 11.1 Å². The summed E-state index contributed by atoms with van der Waals surface area (Å²) in [7, 11) is 0. The molecule has 4 nitrogen and oxygen atoms in total. The number of benzene rings is 1. The molecule has 1 fully saturated rings. The van der Waals surface area contributed by atoms with Gasteiger partial charge in [0.2, 0.25) is 0 Å². The molecule has 0 aromatic heterocycles. The van der Waals surface area contributed by atoms with Crippen LogP contribution in [0.15, 0.2) is 24.3 Å². The first-order valence-corrected chi connectivity index (χ1v) is 6.95. The molecule has 5 heteroatoms. The van der Waals surface area contributed by atoms with Crippen LogP contribution in [-0.2, 0) is 6.42 Å². The highest BCUT2D eigenvalue weighted by atomic mass is 32.1. The summed E-state index contributed by atoms with van der Waals surface area (Å²) in [6, 6.07) is 7.57. The summed E-state index contributed by atoms with van der Waals surface area (Å²) in [6.45, 7) is 3.41. The van der Waals surface area contributed by atoms with Crippen molar-refractivity contribution in [3.05, 3.63) is 35.4 Å². The van der Waals surface area contributed by atoms with Crippen molar-refractivity contribution >= 4 is 23.1 Å². The Labute approximate surface area is 119 Å². The van der Waals surface area contributed by atoms with E-state index in [-0.39, 0.29) is 5.91 Å². The minimum atomic E-state index is 0.0912. The number of hydrogen-bond donors (Lipinski definition) is 2. The quantitative estimate of drug-likeness (QED) is 0.808. The summed E-state index contributed by atoms with van der Waals surface area (Å²) in [5, 5.41) is 3.29. The highest BCUT2D eigenvalue weighted by Crippen LogP contribution is 2.10. The maximum Gasteiger partial charge on any atom is 0.253 e. The van der Waals surface area contributed by atoms with E-state index >= 15 is 0 Å². The number of nitrogens with zero attached hydrogens (tertiary/aromatic N) is 1. The molecule has 0 unspecified atom stereocenters. The van der Waals surface area contributed by atoms with Crippen LogP contribution in [0.3, 0.4) is 0 Å². The molecule has 0 atom stereocenters. The van der Waals surface area contributed by atoms with E-state index in [1.54, 1.807) is 0 Å². The molecular formula is C14H19N3OS. The van der Waals surface area contributed by atoms with Crippen LogP contribution in [-0.4, -0.2) is 42.0 Å². The second-order valence-corrected chi connectivity index (χ2v) is 5.26. The van der Waals surface area contributed by atoms with Crippen LogP contribution >= 0.6 is 12.2 Å². The maximum absolute atomic E-state index is 12.4. The van der Waals surface area contributed by atoms with E-state index < -0.39 is 0 Å². The number of amides is 1. The Kier molecular flexibility index (Phi) is 4.87. The zero-order valence-corrected chi connectivity index (χ0v) is 11.7. The Balaban J connectivity index is 2.11. The predicted octanol–water partition coefficient (Wildman–Crippen LogP) is 0.951. The molecule has 0 aliphatic carbocycles. The van der Waals surface area contributed by atoms with Crippen LogP contribution in [0.25, 0.3) is 0 Å². The third-order valence-electron chi connectivity index (χ3n) is 3.18. The standard InChI is InChI=1S/C14H19N3OS/c15-13(19)10-11-3-1-4-12(9-11)14(18)17-7-2-5-16-6-8-17/h1,3-4,9,16H,2,5-8,10H2,(H2,15,19). The van der Waals surface area contributed by atoms with Gasteiger partial charge in [0.25, 0.3) is 5.91 Å². The van der Waals surface area contributed by atoms with Gasteiger partial charge in [-0.05, 0) is 30.7 Å². The highest BCUT2D eigenvalue weighted by molar-refractivity contribution is 7.80. The van der Waals surface area contributed by atoms with E-state index in [0.717, 1.165) is 43.7 Å². The smallest absolute Gasteiger partial charge is 0.253 e. The Bertz CT molecular complexity index is 468. The molecule has 1 saturated heterocycles. The molecule has 1 aromatic rings. The first kappa shape index (κ1) is 14.0. The SMILES string of the molecule is NC(=S)Cc1cccc(C(=O)N2CCCNCC2)c1. The maximum atomic E-state index is 12.4. The number of thiocarbonyl (C=S) groups is 1. The lowest BCUT2D eigenvalue weighted by atomic mass is 10.1. The summed E-state index contributed by atoms with van der Waals surface area (Å²) in [5.74, 6) is 0.0912. The van der Waals surface area contributed by atoms with Gasteiger partial charge in [-0.1, -0.05) is 24.4 Å². The Morgan fingerprint density at radius 1 is 1.37 bits per heavy atom. The van der Waals surface area contributed by atoms with Gasteiger partial charge in [0.1, 0.15) is 0 Å². The molecular weight excluding hydrogens is 258 g/mol. The van der Waals surface area contributed by atoms with Gasteiger partial charge in [0.05, 0.1) is 4.99 Å². The van der Waals surface area contributed by atoms with Crippen LogP contribution in [0.2, 0.25) is 0 Å². The van der Waals surface area contributed by atoms with Crippen LogP contribution in [0, 0.1) is 0 Å². The Morgan fingerprint density at radius 2 is 2.21 bits per heavy atom. The molecule has 1 aliphatic heterocycles. The van der Waals surface area contributed by atoms with Gasteiger partial charge < -0.3 is 16.0 Å². The molecule has 0 bridgehead atoms. The van der Waals surface area contributed by atoms with Crippen molar-refractivity contribution in [1.29, 1.82) is 0 Å². The van der Waals surface area contributed by atoms with Gasteiger partial charge in [-0.15, -0.1) is 0 Å². The summed E-state index contributed by atoms with van der Waals surface area (Å²) < 4.78 is 0. The van der Waals surface area contributed by atoms with Crippen molar-refractivity contribution in [3.63, 3.8) is 0 Å². The lowest BCUT2D eigenvalue weighted by Gasteiger charge is -2.20. The van der Waals surface area contributed by atoms with E-state index in [9.17, 15) is 4.79 Å². The van der Waals surface area contributed by atoms with Gasteiger partial charge in [-0.2, -0.15) is 0 Å². The molecule has 1 amide bonds. The van der Waals surface area contributed by atoms with Crippen molar-refractivity contribution in [1.82, 2.24) is 10.2 Å². The van der Waals surface area contributed by atoms with Crippen LogP contribution in [0.4, 0.5) is 0 Å². The fourth-order valence-corrected chi connectivity index (χ4v) is 2.41. The minimum absolute atomic E-state index is 0.0912. The average molecular weight is 277 g/mol. The molecule has 1 heterocycles. The second kappa shape index (κ2) is 6.63. The summed E-state index contributed by atoms with van der Waals surface area (Å²) in [5.41, 5.74) is 7.25. The largest absolute Gasteiger partial charge is 0.393 e. The summed E-state index contributed by atoms with van der Waals surface area (Å²) in [4.78, 5) is 14.8. The minimum Gasteiger partial charge on any atom is -0.393 e. The molecule has 102 valence electrons. The molecule has 0 spiro atoms. The van der Waals surface area contributed by atoms with Gasteiger partial charge in [0, 0.05) is 31.6 Å². The third kappa shape index (κ3) is 4.01. The van der Waals surface area contributed by atoms with E-state index in [4.69, 9.17) is 18.0 Å².